The van der Waals surface area contributed by atoms with Crippen molar-refractivity contribution in [3.63, 3.8) is 0 Å². The van der Waals surface area contributed by atoms with Crippen molar-refractivity contribution < 1.29 is 18.7 Å². The number of nitrogens with zero attached hydrogens (tertiary/aromatic N) is 2. The number of hydrogen-bond donors (Lipinski definition) is 0. The minimum absolute atomic E-state index is 0.0255. The number of ether oxygens (including phenoxy) is 2. The van der Waals surface area contributed by atoms with Crippen LogP contribution in [0.1, 0.15) is 47.1 Å². The van der Waals surface area contributed by atoms with Gasteiger partial charge in [0.25, 0.3) is 5.91 Å². The lowest BCUT2D eigenvalue weighted by molar-refractivity contribution is 0.0971. The van der Waals surface area contributed by atoms with Gasteiger partial charge < -0.3 is 13.9 Å². The monoisotopic (exact) mass is 512 g/mol. The van der Waals surface area contributed by atoms with Crippen LogP contribution in [0, 0.1) is 6.92 Å². The maximum atomic E-state index is 13.9. The van der Waals surface area contributed by atoms with E-state index in [1.807, 2.05) is 69.3 Å². The Balaban J connectivity index is 1.57. The predicted molar refractivity (Wildman–Crippen MR) is 144 cm³/mol. The van der Waals surface area contributed by atoms with E-state index >= 15 is 0 Å². The number of thiazole rings is 1. The molecule has 7 nitrogen and oxygen atoms in total. The van der Waals surface area contributed by atoms with Gasteiger partial charge in [-0.3, -0.25) is 14.5 Å². The third kappa shape index (κ3) is 3.84. The molecule has 3 aromatic carbocycles. The number of anilines is 1. The SMILES string of the molecule is COc1ccc2nc(N3C(=O)c4oc5ccc(C)cc5c(=O)c4C3c3ccc(OC(C)C)cc3)sc2c1. The van der Waals surface area contributed by atoms with E-state index in [0.29, 0.717) is 33.2 Å². The molecule has 1 amide bonds. The lowest BCUT2D eigenvalue weighted by Crippen LogP contribution is -2.29. The number of carbonyl (C=O) groups excluding carboxylic acids is 1. The van der Waals surface area contributed by atoms with Gasteiger partial charge in [0.15, 0.2) is 10.6 Å². The molecule has 0 bridgehead atoms. The minimum atomic E-state index is -0.695. The third-order valence-electron chi connectivity index (χ3n) is 6.38. The summed E-state index contributed by atoms with van der Waals surface area (Å²) >= 11 is 1.37. The molecule has 1 unspecified atom stereocenters. The van der Waals surface area contributed by atoms with Crippen molar-refractivity contribution in [1.29, 1.82) is 0 Å². The normalized spacial score (nSPS) is 15.1. The van der Waals surface area contributed by atoms with Crippen molar-refractivity contribution in [3.8, 4) is 11.5 Å². The molecule has 0 aliphatic carbocycles. The Labute approximate surface area is 216 Å². The summed E-state index contributed by atoms with van der Waals surface area (Å²) < 4.78 is 18.1. The second-order valence-corrected chi connectivity index (χ2v) is 10.3. The molecule has 0 saturated carbocycles. The number of hydrogen-bond acceptors (Lipinski definition) is 7. The maximum absolute atomic E-state index is 13.9. The first-order valence-electron chi connectivity index (χ1n) is 12.0. The van der Waals surface area contributed by atoms with Crippen LogP contribution in [-0.4, -0.2) is 24.1 Å². The van der Waals surface area contributed by atoms with Crippen LogP contribution in [0.15, 0.2) is 69.9 Å². The van der Waals surface area contributed by atoms with Crippen LogP contribution in [0.25, 0.3) is 21.2 Å². The van der Waals surface area contributed by atoms with E-state index in [9.17, 15) is 9.59 Å². The molecule has 1 aliphatic heterocycles. The fourth-order valence-corrected chi connectivity index (χ4v) is 5.74. The highest BCUT2D eigenvalue weighted by atomic mass is 32.1. The average molecular weight is 513 g/mol. The molecule has 3 heterocycles. The number of aryl methyl sites for hydroxylation is 1. The molecule has 186 valence electrons. The van der Waals surface area contributed by atoms with Gasteiger partial charge in [0.1, 0.15) is 17.1 Å². The van der Waals surface area contributed by atoms with E-state index < -0.39 is 11.9 Å². The first-order valence-corrected chi connectivity index (χ1v) is 12.8. The standard InChI is InChI=1S/C29H24N2O5S/c1-15(2)35-18-8-6-17(7-9-18)25-24-26(32)20-13-16(3)5-12-22(20)36-27(24)28(33)31(25)29-30-21-11-10-19(34-4)14-23(21)37-29/h5-15,25H,1-4H3. The van der Waals surface area contributed by atoms with Crippen LogP contribution in [0.5, 0.6) is 11.5 Å². The Hall–Kier alpha value is -4.17. The summed E-state index contributed by atoms with van der Waals surface area (Å²) in [6, 6.07) is 17.7. The highest BCUT2D eigenvalue weighted by Gasteiger charge is 2.45. The first kappa shape index (κ1) is 23.2. The van der Waals surface area contributed by atoms with Crippen LogP contribution in [0.3, 0.4) is 0 Å². The van der Waals surface area contributed by atoms with E-state index in [4.69, 9.17) is 18.9 Å². The fourth-order valence-electron chi connectivity index (χ4n) is 4.72. The van der Waals surface area contributed by atoms with E-state index in [1.54, 1.807) is 24.1 Å². The van der Waals surface area contributed by atoms with Gasteiger partial charge in [-0.05, 0) is 68.8 Å². The Kier molecular flexibility index (Phi) is 5.49. The summed E-state index contributed by atoms with van der Waals surface area (Å²) in [4.78, 5) is 34.0. The molecule has 0 saturated heterocycles. The summed E-state index contributed by atoms with van der Waals surface area (Å²) in [5.41, 5.74) is 2.93. The molecule has 0 fully saturated rings. The van der Waals surface area contributed by atoms with Crippen molar-refractivity contribution >= 4 is 43.6 Å². The summed E-state index contributed by atoms with van der Waals surface area (Å²) in [6.45, 7) is 5.84. The third-order valence-corrected chi connectivity index (χ3v) is 7.40. The number of amides is 1. The fraction of sp³-hybridized carbons (Fsp3) is 0.207. The molecule has 37 heavy (non-hydrogen) atoms. The number of methoxy groups -OCH3 is 1. The summed E-state index contributed by atoms with van der Waals surface area (Å²) in [5.74, 6) is 1.07. The topological polar surface area (TPSA) is 81.9 Å². The summed E-state index contributed by atoms with van der Waals surface area (Å²) in [5, 5.41) is 0.930. The highest BCUT2D eigenvalue weighted by Crippen LogP contribution is 2.44. The number of carbonyl (C=O) groups is 1. The van der Waals surface area contributed by atoms with Gasteiger partial charge in [-0.1, -0.05) is 35.1 Å². The van der Waals surface area contributed by atoms with Gasteiger partial charge in [-0.15, -0.1) is 0 Å². The molecular weight excluding hydrogens is 488 g/mol. The largest absolute Gasteiger partial charge is 0.497 e. The van der Waals surface area contributed by atoms with Crippen LogP contribution < -0.4 is 19.8 Å². The van der Waals surface area contributed by atoms with E-state index in [0.717, 1.165) is 21.3 Å². The van der Waals surface area contributed by atoms with Crippen LogP contribution in [0.4, 0.5) is 5.13 Å². The molecule has 0 radical (unpaired) electrons. The number of fused-ring (bicyclic) bond motifs is 3. The molecule has 2 aromatic heterocycles. The Morgan fingerprint density at radius 1 is 1.00 bits per heavy atom. The molecule has 6 rings (SSSR count). The van der Waals surface area contributed by atoms with Crippen molar-refractivity contribution in [2.24, 2.45) is 0 Å². The van der Waals surface area contributed by atoms with Gasteiger partial charge in [0.05, 0.1) is 40.4 Å². The predicted octanol–water partition coefficient (Wildman–Crippen LogP) is 6.26. The van der Waals surface area contributed by atoms with Crippen molar-refractivity contribution in [2.75, 3.05) is 12.0 Å². The van der Waals surface area contributed by atoms with Crippen molar-refractivity contribution in [1.82, 2.24) is 4.98 Å². The zero-order chi connectivity index (χ0) is 25.8. The van der Waals surface area contributed by atoms with Crippen molar-refractivity contribution in [2.45, 2.75) is 32.9 Å². The summed E-state index contributed by atoms with van der Waals surface area (Å²) in [7, 11) is 1.61. The smallest absolute Gasteiger partial charge is 0.297 e. The minimum Gasteiger partial charge on any atom is -0.497 e. The second kappa shape index (κ2) is 8.74. The average Bonchev–Trinajstić information content (AvgIpc) is 3.42. The lowest BCUT2D eigenvalue weighted by atomic mass is 9.98. The van der Waals surface area contributed by atoms with E-state index in [-0.39, 0.29) is 17.3 Å². The molecule has 0 N–H and O–H groups in total. The van der Waals surface area contributed by atoms with E-state index in [1.165, 1.54) is 11.3 Å². The number of benzene rings is 3. The Morgan fingerprint density at radius 3 is 2.49 bits per heavy atom. The zero-order valence-corrected chi connectivity index (χ0v) is 21.6. The Bertz CT molecular complexity index is 1740. The van der Waals surface area contributed by atoms with E-state index in [2.05, 4.69) is 0 Å². The van der Waals surface area contributed by atoms with Gasteiger partial charge in [0.2, 0.25) is 5.76 Å². The zero-order valence-electron chi connectivity index (χ0n) is 20.8. The van der Waals surface area contributed by atoms with Crippen LogP contribution in [0.2, 0.25) is 0 Å². The molecule has 1 atom stereocenters. The molecular formula is C29H24N2O5S. The van der Waals surface area contributed by atoms with Gasteiger partial charge >= 0.3 is 0 Å². The molecule has 1 aliphatic rings. The van der Waals surface area contributed by atoms with Gasteiger partial charge in [0, 0.05) is 0 Å². The van der Waals surface area contributed by atoms with Crippen LogP contribution >= 0.6 is 11.3 Å². The molecule has 0 spiro atoms. The second-order valence-electron chi connectivity index (χ2n) is 9.32. The van der Waals surface area contributed by atoms with Gasteiger partial charge in [-0.25, -0.2) is 4.98 Å². The first-order chi connectivity index (χ1) is 17.8. The van der Waals surface area contributed by atoms with Crippen LogP contribution in [-0.2, 0) is 0 Å². The Morgan fingerprint density at radius 2 is 1.76 bits per heavy atom. The number of aromatic nitrogens is 1. The lowest BCUT2D eigenvalue weighted by Gasteiger charge is -2.23. The molecule has 8 heteroatoms. The molecule has 5 aromatic rings. The number of rotatable bonds is 5. The van der Waals surface area contributed by atoms with Crippen molar-refractivity contribution in [3.05, 3.63) is 93.3 Å². The highest BCUT2D eigenvalue weighted by molar-refractivity contribution is 7.22. The maximum Gasteiger partial charge on any atom is 0.297 e. The summed E-state index contributed by atoms with van der Waals surface area (Å²) in [6.07, 6.45) is 0.0255. The van der Waals surface area contributed by atoms with Gasteiger partial charge in [-0.2, -0.15) is 0 Å². The quantitative estimate of drug-likeness (QED) is 0.277.